The zero-order chi connectivity index (χ0) is 21.8. The minimum absolute atomic E-state index is 0.0979. The number of carbonyl (C=O) groups is 2. The smallest absolute Gasteiger partial charge is 0.363 e. The van der Waals surface area contributed by atoms with Gasteiger partial charge < -0.3 is 14.2 Å². The lowest BCUT2D eigenvalue weighted by Gasteiger charge is -2.12. The van der Waals surface area contributed by atoms with Crippen LogP contribution in [0.5, 0.6) is 11.5 Å². The molecule has 2 aromatic rings. The van der Waals surface area contributed by atoms with Crippen molar-refractivity contribution in [2.75, 3.05) is 7.11 Å². The largest absolute Gasteiger partial charge is 0.493 e. The number of benzene rings is 2. The summed E-state index contributed by atoms with van der Waals surface area (Å²) < 4.78 is 16.5. The van der Waals surface area contributed by atoms with E-state index in [-0.39, 0.29) is 23.3 Å². The fraction of sp³-hybridized carbons (Fsp3) is 0.190. The molecular weight excluding hydrogens is 497 g/mol. The second kappa shape index (κ2) is 9.64. The molecule has 0 fully saturated rings. The predicted molar refractivity (Wildman–Crippen MR) is 118 cm³/mol. The number of esters is 2. The maximum atomic E-state index is 12.3. The zero-order valence-corrected chi connectivity index (χ0v) is 19.1. The second-order valence-electron chi connectivity index (χ2n) is 6.22. The van der Waals surface area contributed by atoms with E-state index in [1.54, 1.807) is 30.3 Å². The Hall–Kier alpha value is -2.35. The van der Waals surface area contributed by atoms with E-state index in [0.29, 0.717) is 44.2 Å². The minimum Gasteiger partial charge on any atom is -0.493 e. The van der Waals surface area contributed by atoms with E-state index >= 15 is 0 Å². The van der Waals surface area contributed by atoms with Crippen LogP contribution in [0.15, 0.2) is 45.5 Å². The van der Waals surface area contributed by atoms with Crippen LogP contribution in [0, 0.1) is 0 Å². The third kappa shape index (κ3) is 5.03. The summed E-state index contributed by atoms with van der Waals surface area (Å²) in [6.07, 6.45) is 2.50. The van der Waals surface area contributed by atoms with Gasteiger partial charge in [0.15, 0.2) is 17.2 Å². The highest BCUT2D eigenvalue weighted by Gasteiger charge is 2.25. The Morgan fingerprint density at radius 2 is 2.00 bits per heavy atom. The van der Waals surface area contributed by atoms with Crippen LogP contribution in [0.1, 0.15) is 30.9 Å². The van der Waals surface area contributed by atoms with Gasteiger partial charge in [-0.3, -0.25) is 4.79 Å². The normalized spacial score (nSPS) is 14.5. The van der Waals surface area contributed by atoms with Gasteiger partial charge in [0.2, 0.25) is 5.90 Å². The molecule has 0 aliphatic carbocycles. The molecule has 1 heterocycles. The van der Waals surface area contributed by atoms with E-state index in [4.69, 9.17) is 37.4 Å². The lowest BCUT2D eigenvalue weighted by atomic mass is 10.1. The molecule has 1 aliphatic heterocycles. The molecule has 0 aromatic heterocycles. The van der Waals surface area contributed by atoms with E-state index in [1.807, 2.05) is 6.92 Å². The number of hydrogen-bond acceptors (Lipinski definition) is 6. The Balaban J connectivity index is 1.92. The van der Waals surface area contributed by atoms with Gasteiger partial charge in [-0.05, 0) is 64.3 Å². The summed E-state index contributed by atoms with van der Waals surface area (Å²) in [5.74, 6) is -0.240. The van der Waals surface area contributed by atoms with Crippen molar-refractivity contribution in [3.8, 4) is 11.5 Å². The summed E-state index contributed by atoms with van der Waals surface area (Å²) in [6.45, 7) is 1.89. The predicted octanol–water partition coefficient (Wildman–Crippen LogP) is 5.81. The van der Waals surface area contributed by atoms with Crippen molar-refractivity contribution < 1.29 is 23.8 Å². The maximum Gasteiger partial charge on any atom is 0.363 e. The van der Waals surface area contributed by atoms with Gasteiger partial charge in [0.1, 0.15) is 0 Å². The van der Waals surface area contributed by atoms with Gasteiger partial charge in [0.25, 0.3) is 0 Å². The molecule has 6 nitrogen and oxygen atoms in total. The Bertz CT molecular complexity index is 1080. The van der Waals surface area contributed by atoms with Crippen molar-refractivity contribution in [2.45, 2.75) is 19.8 Å². The molecule has 156 valence electrons. The van der Waals surface area contributed by atoms with E-state index in [0.717, 1.165) is 0 Å². The van der Waals surface area contributed by atoms with E-state index in [1.165, 1.54) is 13.2 Å². The van der Waals surface area contributed by atoms with Crippen LogP contribution in [0.4, 0.5) is 0 Å². The first-order valence-corrected chi connectivity index (χ1v) is 10.4. The van der Waals surface area contributed by atoms with Crippen molar-refractivity contribution in [1.29, 1.82) is 0 Å². The van der Waals surface area contributed by atoms with Crippen LogP contribution in [0.25, 0.3) is 6.08 Å². The highest BCUT2D eigenvalue weighted by atomic mass is 79.9. The first kappa shape index (κ1) is 22.3. The molecule has 0 spiro atoms. The number of cyclic esters (lactones) is 1. The van der Waals surface area contributed by atoms with Crippen molar-refractivity contribution >= 4 is 63.0 Å². The van der Waals surface area contributed by atoms with E-state index in [2.05, 4.69) is 20.9 Å². The van der Waals surface area contributed by atoms with Gasteiger partial charge in [-0.1, -0.05) is 30.1 Å². The highest BCUT2D eigenvalue weighted by molar-refractivity contribution is 9.10. The lowest BCUT2D eigenvalue weighted by Crippen LogP contribution is -2.08. The molecule has 0 unspecified atom stereocenters. The van der Waals surface area contributed by atoms with E-state index in [9.17, 15) is 9.59 Å². The second-order valence-corrected chi connectivity index (χ2v) is 7.89. The van der Waals surface area contributed by atoms with Crippen molar-refractivity contribution in [3.63, 3.8) is 0 Å². The Kier molecular flexibility index (Phi) is 7.18. The molecule has 3 rings (SSSR count). The maximum absolute atomic E-state index is 12.3. The van der Waals surface area contributed by atoms with E-state index < -0.39 is 5.97 Å². The zero-order valence-electron chi connectivity index (χ0n) is 16.0. The molecule has 30 heavy (non-hydrogen) atoms. The van der Waals surface area contributed by atoms with Gasteiger partial charge in [-0.2, -0.15) is 0 Å². The average molecular weight is 513 g/mol. The fourth-order valence-corrected chi connectivity index (χ4v) is 3.45. The van der Waals surface area contributed by atoms with Gasteiger partial charge in [0.05, 0.1) is 21.6 Å². The summed E-state index contributed by atoms with van der Waals surface area (Å²) in [5.41, 5.74) is 1.22. The quantitative estimate of drug-likeness (QED) is 0.277. The number of halogens is 3. The fourth-order valence-electron chi connectivity index (χ4n) is 2.61. The molecule has 2 aromatic carbocycles. The number of rotatable bonds is 6. The van der Waals surface area contributed by atoms with Gasteiger partial charge in [-0.25, -0.2) is 9.79 Å². The van der Waals surface area contributed by atoms with Crippen LogP contribution in [0.2, 0.25) is 10.0 Å². The third-order valence-corrected chi connectivity index (χ3v) is 5.34. The monoisotopic (exact) mass is 511 g/mol. The Morgan fingerprint density at radius 3 is 2.67 bits per heavy atom. The van der Waals surface area contributed by atoms with Gasteiger partial charge >= 0.3 is 11.9 Å². The highest BCUT2D eigenvalue weighted by Crippen LogP contribution is 2.38. The standard InChI is InChI=1S/C21H16BrCl2NO5/c1-3-4-18(26)29-19-13(22)7-11(9-17(19)28-2)8-16-21(27)30-20(25-16)12-5-6-14(23)15(24)10-12/h5-10H,3-4H2,1-2H3/b16-8-. The molecule has 0 saturated carbocycles. The molecule has 0 N–H and O–H groups in total. The van der Waals surface area contributed by atoms with Gasteiger partial charge in [0, 0.05) is 12.0 Å². The van der Waals surface area contributed by atoms with Crippen molar-refractivity contribution in [1.82, 2.24) is 0 Å². The third-order valence-electron chi connectivity index (χ3n) is 4.01. The molecule has 0 bridgehead atoms. The Labute approximate surface area is 191 Å². The molecule has 0 saturated heterocycles. The number of methoxy groups -OCH3 is 1. The summed E-state index contributed by atoms with van der Waals surface area (Å²) >= 11 is 15.3. The minimum atomic E-state index is -0.607. The SMILES string of the molecule is CCCC(=O)Oc1c(Br)cc(/C=C2\N=C(c3ccc(Cl)c(Cl)c3)OC2=O)cc1OC. The summed E-state index contributed by atoms with van der Waals surface area (Å²) in [7, 11) is 1.46. The topological polar surface area (TPSA) is 74.2 Å². The molecule has 1 aliphatic rings. The van der Waals surface area contributed by atoms with Crippen LogP contribution in [0.3, 0.4) is 0 Å². The number of ether oxygens (including phenoxy) is 3. The summed E-state index contributed by atoms with van der Waals surface area (Å²) in [6, 6.07) is 8.13. The number of hydrogen-bond donors (Lipinski definition) is 0. The number of aliphatic imine (C=N–C) groups is 1. The van der Waals surface area contributed by atoms with Crippen LogP contribution < -0.4 is 9.47 Å². The van der Waals surface area contributed by atoms with Crippen molar-refractivity contribution in [2.24, 2.45) is 4.99 Å². The molecule has 9 heteroatoms. The Morgan fingerprint density at radius 1 is 1.23 bits per heavy atom. The van der Waals surface area contributed by atoms with Crippen molar-refractivity contribution in [3.05, 3.63) is 61.7 Å². The summed E-state index contributed by atoms with van der Waals surface area (Å²) in [5, 5.41) is 0.713. The molecule has 0 atom stereocenters. The first-order valence-electron chi connectivity index (χ1n) is 8.88. The van der Waals surface area contributed by atoms with Crippen LogP contribution in [-0.4, -0.2) is 24.9 Å². The van der Waals surface area contributed by atoms with Crippen LogP contribution >= 0.6 is 39.1 Å². The average Bonchev–Trinajstić information content (AvgIpc) is 3.06. The number of nitrogens with zero attached hydrogens (tertiary/aromatic N) is 1. The lowest BCUT2D eigenvalue weighted by molar-refractivity contribution is -0.134. The molecule has 0 amide bonds. The molecular formula is C21H16BrCl2NO5. The van der Waals surface area contributed by atoms with Gasteiger partial charge in [-0.15, -0.1) is 0 Å². The molecule has 0 radical (unpaired) electrons. The first-order chi connectivity index (χ1) is 14.3. The number of carbonyl (C=O) groups excluding carboxylic acids is 2. The van der Waals surface area contributed by atoms with Crippen LogP contribution in [-0.2, 0) is 14.3 Å². The summed E-state index contributed by atoms with van der Waals surface area (Å²) in [4.78, 5) is 28.4.